The maximum absolute atomic E-state index is 10.9. The summed E-state index contributed by atoms with van der Waals surface area (Å²) in [6.07, 6.45) is 11.2. The van der Waals surface area contributed by atoms with Crippen LogP contribution in [0.1, 0.15) is 78.6 Å². The van der Waals surface area contributed by atoms with Crippen LogP contribution in [0.25, 0.3) is 0 Å². The monoisotopic (exact) mass is 306 g/mol. The lowest BCUT2D eigenvalue weighted by molar-refractivity contribution is -0.145. The van der Waals surface area contributed by atoms with Gasteiger partial charge in [0, 0.05) is 0 Å². The van der Waals surface area contributed by atoms with Crippen molar-refractivity contribution < 1.29 is 10.2 Å². The first kappa shape index (κ1) is 15.4. The van der Waals surface area contributed by atoms with E-state index in [2.05, 4.69) is 20.8 Å². The van der Waals surface area contributed by atoms with Crippen LogP contribution in [0.5, 0.6) is 0 Å². The topological polar surface area (TPSA) is 40.5 Å². The Morgan fingerprint density at radius 2 is 1.73 bits per heavy atom. The molecule has 0 heterocycles. The minimum absolute atomic E-state index is 0.0300. The van der Waals surface area contributed by atoms with Crippen LogP contribution in [-0.2, 0) is 0 Å². The molecular weight excluding hydrogens is 272 g/mol. The van der Waals surface area contributed by atoms with Gasteiger partial charge in [-0.3, -0.25) is 0 Å². The van der Waals surface area contributed by atoms with Crippen molar-refractivity contribution in [3.05, 3.63) is 0 Å². The molecule has 2 bridgehead atoms. The highest BCUT2D eigenvalue weighted by atomic mass is 16.3. The second-order valence-corrected chi connectivity index (χ2v) is 10.3. The molecule has 0 saturated heterocycles. The predicted molar refractivity (Wildman–Crippen MR) is 88.4 cm³/mol. The van der Waals surface area contributed by atoms with Crippen LogP contribution in [0.15, 0.2) is 0 Å². The summed E-state index contributed by atoms with van der Waals surface area (Å²) in [5.41, 5.74) is 0.504. The van der Waals surface area contributed by atoms with Crippen molar-refractivity contribution in [1.82, 2.24) is 0 Å². The lowest BCUT2D eigenvalue weighted by Gasteiger charge is -2.64. The van der Waals surface area contributed by atoms with Gasteiger partial charge in [-0.1, -0.05) is 27.2 Å². The minimum Gasteiger partial charge on any atom is -0.393 e. The molecule has 4 saturated carbocycles. The Kier molecular flexibility index (Phi) is 3.16. The van der Waals surface area contributed by atoms with Crippen LogP contribution in [0.2, 0.25) is 0 Å². The highest BCUT2D eigenvalue weighted by molar-refractivity contribution is 5.16. The fourth-order valence-corrected chi connectivity index (χ4v) is 8.13. The van der Waals surface area contributed by atoms with Gasteiger partial charge in [-0.25, -0.2) is 0 Å². The molecule has 4 fully saturated rings. The standard InChI is InChI=1S/C20H34O2/c1-17(2)8-4-9-18(3)15(17)7-10-19-11-14(5-6-16(18)19)20(22,12-19)13-21/h14-16,21-22H,4-13H2,1-3H3/t14-,15+,16-,18+,19?,20-/m0/s1. The average molecular weight is 306 g/mol. The SMILES string of the molecule is CC1(C)CCC[C@]2(C)[C@@H]1CCC13C[C@H](CC[C@H]12)[C@@](O)(CO)C3. The maximum atomic E-state index is 10.9. The molecule has 0 amide bonds. The number of aliphatic hydroxyl groups excluding tert-OH is 1. The van der Waals surface area contributed by atoms with Gasteiger partial charge in [0.2, 0.25) is 0 Å². The van der Waals surface area contributed by atoms with Gasteiger partial charge in [0.05, 0.1) is 12.2 Å². The summed E-state index contributed by atoms with van der Waals surface area (Å²) in [5, 5.41) is 20.7. The summed E-state index contributed by atoms with van der Waals surface area (Å²) in [6, 6.07) is 0. The smallest absolute Gasteiger partial charge is 0.0910 e. The molecule has 4 aliphatic rings. The van der Waals surface area contributed by atoms with Crippen LogP contribution >= 0.6 is 0 Å². The maximum Gasteiger partial charge on any atom is 0.0910 e. The molecule has 22 heavy (non-hydrogen) atoms. The Bertz CT molecular complexity index is 472. The van der Waals surface area contributed by atoms with Gasteiger partial charge in [-0.15, -0.1) is 0 Å². The number of rotatable bonds is 1. The third-order valence-electron chi connectivity index (χ3n) is 8.89. The number of hydrogen-bond donors (Lipinski definition) is 2. The van der Waals surface area contributed by atoms with E-state index in [4.69, 9.17) is 0 Å². The van der Waals surface area contributed by atoms with Crippen LogP contribution in [0.3, 0.4) is 0 Å². The molecule has 1 spiro atoms. The van der Waals surface area contributed by atoms with Crippen molar-refractivity contribution in [3.8, 4) is 0 Å². The molecule has 2 N–H and O–H groups in total. The summed E-state index contributed by atoms with van der Waals surface area (Å²) in [4.78, 5) is 0. The normalized spacial score (nSPS) is 56.3. The molecule has 4 rings (SSSR count). The molecule has 126 valence electrons. The first-order valence-electron chi connectivity index (χ1n) is 9.59. The number of aliphatic hydroxyl groups is 2. The zero-order chi connectivity index (χ0) is 15.8. The molecule has 0 radical (unpaired) electrons. The van der Waals surface area contributed by atoms with Gasteiger partial charge < -0.3 is 10.2 Å². The van der Waals surface area contributed by atoms with Gasteiger partial charge in [0.25, 0.3) is 0 Å². The second kappa shape index (κ2) is 4.51. The highest BCUT2D eigenvalue weighted by Gasteiger charge is 2.66. The van der Waals surface area contributed by atoms with E-state index in [1.54, 1.807) is 0 Å². The fraction of sp³-hybridized carbons (Fsp3) is 1.00. The van der Waals surface area contributed by atoms with Gasteiger partial charge in [-0.05, 0) is 85.4 Å². The van der Waals surface area contributed by atoms with Crippen molar-refractivity contribution in [2.45, 2.75) is 84.2 Å². The van der Waals surface area contributed by atoms with Crippen molar-refractivity contribution in [3.63, 3.8) is 0 Å². The van der Waals surface area contributed by atoms with Crippen molar-refractivity contribution in [2.24, 2.45) is 34.0 Å². The van der Waals surface area contributed by atoms with Crippen LogP contribution in [-0.4, -0.2) is 22.4 Å². The van der Waals surface area contributed by atoms with Crippen molar-refractivity contribution in [1.29, 1.82) is 0 Å². The Morgan fingerprint density at radius 1 is 0.955 bits per heavy atom. The zero-order valence-electron chi connectivity index (χ0n) is 14.7. The Labute approximate surface area is 135 Å². The van der Waals surface area contributed by atoms with Gasteiger partial charge in [0.1, 0.15) is 0 Å². The highest BCUT2D eigenvalue weighted by Crippen LogP contribution is 2.72. The summed E-state index contributed by atoms with van der Waals surface area (Å²) < 4.78 is 0. The lowest BCUT2D eigenvalue weighted by Crippen LogP contribution is -2.55. The number of fused-ring (bicyclic) bond motifs is 3. The summed E-state index contributed by atoms with van der Waals surface area (Å²) in [5.74, 6) is 1.98. The fourth-order valence-electron chi connectivity index (χ4n) is 8.13. The molecule has 1 unspecified atom stereocenters. The quantitative estimate of drug-likeness (QED) is 0.764. The minimum atomic E-state index is -0.776. The summed E-state index contributed by atoms with van der Waals surface area (Å²) in [6.45, 7) is 7.55. The molecule has 0 aromatic heterocycles. The van der Waals surface area contributed by atoms with Gasteiger partial charge in [0.15, 0.2) is 0 Å². The third kappa shape index (κ3) is 1.80. The van der Waals surface area contributed by atoms with E-state index < -0.39 is 5.60 Å². The first-order valence-corrected chi connectivity index (χ1v) is 9.59. The molecule has 0 aromatic rings. The van der Waals surface area contributed by atoms with Crippen LogP contribution in [0, 0.1) is 34.0 Å². The molecular formula is C20H34O2. The van der Waals surface area contributed by atoms with Gasteiger partial charge in [-0.2, -0.15) is 0 Å². The predicted octanol–water partition coefficient (Wildman–Crippen LogP) is 4.14. The van der Waals surface area contributed by atoms with E-state index >= 15 is 0 Å². The van der Waals surface area contributed by atoms with Gasteiger partial charge >= 0.3 is 0 Å². The Balaban J connectivity index is 1.72. The number of hydrogen-bond acceptors (Lipinski definition) is 2. The van der Waals surface area contributed by atoms with Crippen LogP contribution in [0.4, 0.5) is 0 Å². The van der Waals surface area contributed by atoms with Crippen molar-refractivity contribution >= 4 is 0 Å². The Morgan fingerprint density at radius 3 is 2.45 bits per heavy atom. The Hall–Kier alpha value is -0.0800. The van der Waals surface area contributed by atoms with E-state index in [9.17, 15) is 10.2 Å². The molecule has 6 atom stereocenters. The molecule has 0 aromatic carbocycles. The van der Waals surface area contributed by atoms with E-state index in [1.165, 1.54) is 44.9 Å². The van der Waals surface area contributed by atoms with Crippen molar-refractivity contribution in [2.75, 3.05) is 6.61 Å². The van der Waals surface area contributed by atoms with E-state index in [-0.39, 0.29) is 6.61 Å². The van der Waals surface area contributed by atoms with E-state index in [0.717, 1.165) is 24.7 Å². The largest absolute Gasteiger partial charge is 0.393 e. The zero-order valence-corrected chi connectivity index (χ0v) is 14.7. The van der Waals surface area contributed by atoms with Crippen LogP contribution < -0.4 is 0 Å². The summed E-state index contributed by atoms with van der Waals surface area (Å²) in [7, 11) is 0. The summed E-state index contributed by atoms with van der Waals surface area (Å²) >= 11 is 0. The molecule has 0 aliphatic heterocycles. The van der Waals surface area contributed by atoms with E-state index in [1.807, 2.05) is 0 Å². The first-order chi connectivity index (χ1) is 10.3. The van der Waals surface area contributed by atoms with E-state index in [0.29, 0.717) is 22.2 Å². The second-order valence-electron chi connectivity index (χ2n) is 10.3. The average Bonchev–Trinajstić information content (AvgIpc) is 2.65. The molecule has 2 heteroatoms. The third-order valence-corrected chi connectivity index (χ3v) is 8.89. The molecule has 4 aliphatic carbocycles. The lowest BCUT2D eigenvalue weighted by atomic mass is 9.41. The molecule has 2 nitrogen and oxygen atoms in total.